The maximum atomic E-state index is 13.4. The van der Waals surface area contributed by atoms with Gasteiger partial charge in [0.25, 0.3) is 5.91 Å². The number of hydrogen-bond acceptors (Lipinski definition) is 13. The van der Waals surface area contributed by atoms with Gasteiger partial charge in [-0.05, 0) is 33.3 Å². The van der Waals surface area contributed by atoms with E-state index in [9.17, 15) is 32.3 Å². The van der Waals surface area contributed by atoms with Crippen molar-refractivity contribution in [2.24, 2.45) is 12.8 Å². The highest BCUT2D eigenvalue weighted by Crippen LogP contribution is 2.42. The summed E-state index contributed by atoms with van der Waals surface area (Å²) < 4.78 is 49.4. The molecule has 0 aliphatic carbocycles. The van der Waals surface area contributed by atoms with Crippen molar-refractivity contribution >= 4 is 59.0 Å². The Morgan fingerprint density at radius 2 is 1.95 bits per heavy atom. The minimum absolute atomic E-state index is 0.128. The van der Waals surface area contributed by atoms with Crippen LogP contribution in [-0.4, -0.2) is 89.3 Å². The third-order valence-corrected chi connectivity index (χ3v) is 9.02. The minimum Gasteiger partial charge on any atom is -0.424 e. The van der Waals surface area contributed by atoms with E-state index in [0.29, 0.717) is 16.3 Å². The number of nitrogens with two attached hydrogens (primary N) is 1. The molecule has 42 heavy (non-hydrogen) atoms. The normalized spacial score (nSPS) is 19.9. The Hall–Kier alpha value is -3.29. The third-order valence-electron chi connectivity index (χ3n) is 5.85. The van der Waals surface area contributed by atoms with Gasteiger partial charge >= 0.3 is 17.4 Å². The summed E-state index contributed by atoms with van der Waals surface area (Å²) in [6.07, 6.45) is -1.39. The van der Waals surface area contributed by atoms with Gasteiger partial charge in [0.15, 0.2) is 0 Å². The molecule has 0 saturated carbocycles. The molecule has 2 aromatic rings. The van der Waals surface area contributed by atoms with Gasteiger partial charge in [-0.25, -0.2) is 14.3 Å². The van der Waals surface area contributed by atoms with Crippen LogP contribution < -0.4 is 11.1 Å². The number of rotatable bonds is 11. The Bertz CT molecular complexity index is 1380. The third kappa shape index (κ3) is 7.56. The Morgan fingerprint density at radius 3 is 2.60 bits per heavy atom. The van der Waals surface area contributed by atoms with Crippen molar-refractivity contribution < 1.29 is 41.8 Å². The van der Waals surface area contributed by atoms with E-state index in [1.165, 1.54) is 35.1 Å². The van der Waals surface area contributed by atoms with Gasteiger partial charge in [-0.1, -0.05) is 42.1 Å². The van der Waals surface area contributed by atoms with Gasteiger partial charge in [0.05, 0.1) is 5.75 Å². The molecule has 1 saturated heterocycles. The second-order valence-electron chi connectivity index (χ2n) is 8.81. The van der Waals surface area contributed by atoms with Crippen molar-refractivity contribution in [3.05, 3.63) is 47.2 Å². The Morgan fingerprint density at radius 1 is 1.24 bits per heavy atom. The lowest BCUT2D eigenvalue weighted by Gasteiger charge is -2.49. The number of fused-ring (bicyclic) bond motifs is 1. The van der Waals surface area contributed by atoms with E-state index < -0.39 is 70.5 Å². The zero-order valence-corrected chi connectivity index (χ0v) is 24.4. The predicted octanol–water partition coefficient (Wildman–Crippen LogP) is 1.34. The average Bonchev–Trinajstić information content (AvgIpc) is 3.36. The van der Waals surface area contributed by atoms with Gasteiger partial charge in [0.2, 0.25) is 17.4 Å². The van der Waals surface area contributed by atoms with Crippen LogP contribution in [0.5, 0.6) is 0 Å². The SMILES string of the molecule is CC(OC(=O)C1=C(CSc2nnnn2C)CS[C@@H]2C(NC(=O)CSC(F)(F)F)C(=O)N12)OC(=O)C(N)c1ccccc1. The molecule has 4 atom stereocenters. The van der Waals surface area contributed by atoms with E-state index in [2.05, 4.69) is 20.8 Å². The highest BCUT2D eigenvalue weighted by atomic mass is 32.2. The summed E-state index contributed by atoms with van der Waals surface area (Å²) in [6, 6.07) is 6.14. The first-order valence-electron chi connectivity index (χ1n) is 12.1. The molecule has 0 bridgehead atoms. The maximum Gasteiger partial charge on any atom is 0.442 e. The first kappa shape index (κ1) is 31.6. The highest BCUT2D eigenvalue weighted by Gasteiger charge is 2.54. The monoisotopic (exact) mass is 647 g/mol. The molecule has 2 amide bonds. The first-order chi connectivity index (χ1) is 19.9. The van der Waals surface area contributed by atoms with Crippen LogP contribution in [0.15, 0.2) is 46.8 Å². The summed E-state index contributed by atoms with van der Waals surface area (Å²) >= 11 is 1.88. The number of β-lactam (4-membered cyclic amide) rings is 1. The summed E-state index contributed by atoms with van der Waals surface area (Å²) in [5.41, 5.74) is 2.17. The van der Waals surface area contributed by atoms with Crippen LogP contribution in [0.25, 0.3) is 0 Å². The number of ether oxygens (including phenoxy) is 2. The average molecular weight is 648 g/mol. The van der Waals surface area contributed by atoms with Crippen LogP contribution in [0, 0.1) is 0 Å². The zero-order chi connectivity index (χ0) is 30.6. The van der Waals surface area contributed by atoms with Crippen LogP contribution in [0.2, 0.25) is 0 Å². The van der Waals surface area contributed by atoms with Crippen LogP contribution in [0.1, 0.15) is 18.5 Å². The number of carbonyl (C=O) groups is 4. The van der Waals surface area contributed by atoms with E-state index in [4.69, 9.17) is 15.2 Å². The molecule has 13 nitrogen and oxygen atoms in total. The maximum absolute atomic E-state index is 13.4. The van der Waals surface area contributed by atoms with Crippen LogP contribution in [0.4, 0.5) is 13.2 Å². The number of amides is 2. The molecule has 1 fully saturated rings. The van der Waals surface area contributed by atoms with Gasteiger partial charge in [-0.2, -0.15) is 13.2 Å². The van der Waals surface area contributed by atoms with Crippen LogP contribution in [-0.2, 0) is 35.7 Å². The summed E-state index contributed by atoms with van der Waals surface area (Å²) in [5.74, 6) is -4.04. The summed E-state index contributed by atoms with van der Waals surface area (Å²) in [7, 11) is 1.62. The molecular formula is C23H24F3N7O6S3. The molecule has 226 valence electrons. The van der Waals surface area contributed by atoms with E-state index >= 15 is 0 Å². The van der Waals surface area contributed by atoms with Gasteiger partial charge in [-0.3, -0.25) is 14.5 Å². The number of carbonyl (C=O) groups excluding carboxylic acids is 4. The van der Waals surface area contributed by atoms with Crippen LogP contribution >= 0.6 is 35.3 Å². The highest BCUT2D eigenvalue weighted by molar-refractivity contribution is 8.01. The van der Waals surface area contributed by atoms with E-state index in [0.717, 1.165) is 4.90 Å². The number of aromatic nitrogens is 4. The molecule has 3 N–H and O–H groups in total. The van der Waals surface area contributed by atoms with Crippen molar-refractivity contribution in [2.45, 2.75) is 41.3 Å². The van der Waals surface area contributed by atoms with Gasteiger partial charge in [0.1, 0.15) is 23.2 Å². The molecule has 1 aromatic heterocycles. The van der Waals surface area contributed by atoms with Gasteiger partial charge in [0, 0.05) is 25.5 Å². The fourth-order valence-electron chi connectivity index (χ4n) is 3.90. The molecule has 4 rings (SSSR count). The summed E-state index contributed by atoms with van der Waals surface area (Å²) in [5, 5.41) is 13.1. The lowest BCUT2D eigenvalue weighted by atomic mass is 10.0. The number of nitrogens with one attached hydrogen (secondary N) is 1. The number of hydrogen-bond donors (Lipinski definition) is 2. The van der Waals surface area contributed by atoms with E-state index in [1.807, 2.05) is 0 Å². The van der Waals surface area contributed by atoms with E-state index in [-0.39, 0.29) is 17.2 Å². The molecule has 3 unspecified atom stereocenters. The summed E-state index contributed by atoms with van der Waals surface area (Å²) in [4.78, 5) is 52.2. The van der Waals surface area contributed by atoms with Crippen molar-refractivity contribution in [3.8, 4) is 0 Å². The number of aryl methyl sites for hydroxylation is 1. The smallest absolute Gasteiger partial charge is 0.424 e. The Labute approximate surface area is 249 Å². The number of nitrogens with zero attached hydrogens (tertiary/aromatic N) is 5. The predicted molar refractivity (Wildman–Crippen MR) is 145 cm³/mol. The fraction of sp³-hybridized carbons (Fsp3) is 0.435. The number of esters is 2. The molecule has 0 radical (unpaired) electrons. The molecule has 1 aromatic carbocycles. The molecular weight excluding hydrogens is 623 g/mol. The number of tetrazole rings is 1. The number of alkyl halides is 3. The molecule has 0 spiro atoms. The van der Waals surface area contributed by atoms with Crippen LogP contribution in [0.3, 0.4) is 0 Å². The number of benzene rings is 1. The largest absolute Gasteiger partial charge is 0.442 e. The van der Waals surface area contributed by atoms with E-state index in [1.54, 1.807) is 37.4 Å². The minimum atomic E-state index is -4.61. The molecule has 2 aliphatic heterocycles. The lowest BCUT2D eigenvalue weighted by Crippen LogP contribution is -2.70. The summed E-state index contributed by atoms with van der Waals surface area (Å²) in [6.45, 7) is 1.31. The van der Waals surface area contributed by atoms with Crippen molar-refractivity contribution in [1.82, 2.24) is 30.4 Å². The molecule has 19 heteroatoms. The lowest BCUT2D eigenvalue weighted by molar-refractivity contribution is -0.185. The Balaban J connectivity index is 1.47. The first-order valence-corrected chi connectivity index (χ1v) is 15.1. The Kier molecular flexibility index (Phi) is 10.1. The second-order valence-corrected chi connectivity index (χ2v) is 11.9. The van der Waals surface area contributed by atoms with Crippen molar-refractivity contribution in [1.29, 1.82) is 0 Å². The van der Waals surface area contributed by atoms with Crippen molar-refractivity contribution in [3.63, 3.8) is 0 Å². The standard InChI is InChI=1S/C23H24F3N7O6S3/c1-11(38-20(36)15(27)12-6-4-3-5-7-12)39-21(37)17-13(9-41-22-29-30-31-32(22)2)8-40-19-16(18(35)33(17)19)28-14(34)10-42-23(24,25)26/h3-7,11,15-16,19H,8-10,27H2,1-2H3,(H,28,34)/t11?,15?,16?,19-/m1/s1. The number of thioether (sulfide) groups is 3. The molecule has 3 heterocycles. The van der Waals surface area contributed by atoms with Gasteiger partial charge < -0.3 is 20.5 Å². The number of halogens is 3. The molecule has 2 aliphatic rings. The van der Waals surface area contributed by atoms with Crippen molar-refractivity contribution in [2.75, 3.05) is 17.3 Å². The topological polar surface area (TPSA) is 172 Å². The second kappa shape index (κ2) is 13.3. The zero-order valence-electron chi connectivity index (χ0n) is 21.9. The fourth-order valence-corrected chi connectivity index (χ4v) is 6.62. The van der Waals surface area contributed by atoms with Gasteiger partial charge in [-0.15, -0.1) is 16.9 Å². The quantitative estimate of drug-likeness (QED) is 0.155.